The lowest BCUT2D eigenvalue weighted by molar-refractivity contribution is -0.00940. The summed E-state index contributed by atoms with van der Waals surface area (Å²) < 4.78 is 30.3. The number of aryl methyl sites for hydroxylation is 2. The maximum atomic E-state index is 12.8. The first kappa shape index (κ1) is 16.2. The molecule has 1 aliphatic heterocycles. The highest BCUT2D eigenvalue weighted by molar-refractivity contribution is 7.89. The van der Waals surface area contributed by atoms with Crippen molar-refractivity contribution in [1.29, 1.82) is 0 Å². The van der Waals surface area contributed by atoms with Crippen LogP contribution in [0.15, 0.2) is 29.7 Å². The van der Waals surface area contributed by atoms with E-state index in [0.29, 0.717) is 25.2 Å². The van der Waals surface area contributed by atoms with Gasteiger partial charge in [0.1, 0.15) is 17.2 Å². The Labute approximate surface area is 135 Å². The zero-order valence-electron chi connectivity index (χ0n) is 13.3. The van der Waals surface area contributed by atoms with Gasteiger partial charge in [-0.1, -0.05) is 0 Å². The van der Waals surface area contributed by atoms with Gasteiger partial charge in [-0.05, 0) is 25.0 Å². The predicted molar refractivity (Wildman–Crippen MR) is 83.1 cm³/mol. The normalized spacial score (nSPS) is 23.3. The van der Waals surface area contributed by atoms with Crippen molar-refractivity contribution in [3.63, 3.8) is 0 Å². The molecule has 2 aromatic rings. The fourth-order valence-electron chi connectivity index (χ4n) is 3.03. The summed E-state index contributed by atoms with van der Waals surface area (Å²) >= 11 is 0. The van der Waals surface area contributed by atoms with Crippen molar-refractivity contribution in [2.24, 2.45) is 14.1 Å². The Morgan fingerprint density at radius 3 is 2.74 bits per heavy atom. The standard InChI is InChI=1S/C14H21N5O3S/c1-17-7-3-5-13(17)23(21,22)19-8-4-6-14(20,10-19)9-12-16-15-11-18(12)2/h3,5,7,11,20H,4,6,8-10H2,1-2H3. The van der Waals surface area contributed by atoms with Gasteiger partial charge in [0, 0.05) is 39.8 Å². The van der Waals surface area contributed by atoms with Gasteiger partial charge in [0.25, 0.3) is 10.0 Å². The molecule has 0 spiro atoms. The molecule has 1 N–H and O–H groups in total. The molecule has 0 bridgehead atoms. The molecular formula is C14H21N5O3S. The Kier molecular flexibility index (Phi) is 4.03. The highest BCUT2D eigenvalue weighted by atomic mass is 32.2. The first-order valence-corrected chi connectivity index (χ1v) is 8.93. The summed E-state index contributed by atoms with van der Waals surface area (Å²) in [5.74, 6) is 0.644. The minimum Gasteiger partial charge on any atom is -0.388 e. The molecule has 1 fully saturated rings. The van der Waals surface area contributed by atoms with E-state index in [1.807, 2.05) is 0 Å². The number of aromatic nitrogens is 4. The Morgan fingerprint density at radius 2 is 2.13 bits per heavy atom. The molecule has 0 radical (unpaired) electrons. The summed E-state index contributed by atoms with van der Waals surface area (Å²) in [7, 11) is -0.113. The highest BCUT2D eigenvalue weighted by Crippen LogP contribution is 2.28. The number of hydrogen-bond acceptors (Lipinski definition) is 5. The molecule has 0 aromatic carbocycles. The van der Waals surface area contributed by atoms with E-state index in [2.05, 4.69) is 10.2 Å². The number of hydrogen-bond donors (Lipinski definition) is 1. The van der Waals surface area contributed by atoms with Crippen molar-refractivity contribution in [3.8, 4) is 0 Å². The third-order valence-corrected chi connectivity index (χ3v) is 6.26. The molecule has 3 rings (SSSR count). The van der Waals surface area contributed by atoms with Crippen LogP contribution in [0, 0.1) is 0 Å². The minimum atomic E-state index is -3.62. The molecule has 23 heavy (non-hydrogen) atoms. The molecule has 0 saturated carbocycles. The number of β-amino-alcohol motifs (C(OH)–C–C–N with tert-alkyl or cyclic N) is 1. The second-order valence-corrected chi connectivity index (χ2v) is 8.04. The van der Waals surface area contributed by atoms with Crippen molar-refractivity contribution < 1.29 is 13.5 Å². The average Bonchev–Trinajstić information content (AvgIpc) is 3.08. The van der Waals surface area contributed by atoms with Crippen molar-refractivity contribution in [2.75, 3.05) is 13.1 Å². The van der Waals surface area contributed by atoms with Crippen LogP contribution in [0.1, 0.15) is 18.7 Å². The number of aliphatic hydroxyl groups is 1. The average molecular weight is 339 g/mol. The molecule has 1 atom stereocenters. The number of rotatable bonds is 4. The summed E-state index contributed by atoms with van der Waals surface area (Å²) in [5, 5.41) is 18.9. The van der Waals surface area contributed by atoms with Crippen LogP contribution in [0.25, 0.3) is 0 Å². The first-order chi connectivity index (χ1) is 10.8. The van der Waals surface area contributed by atoms with E-state index in [-0.39, 0.29) is 18.0 Å². The summed E-state index contributed by atoms with van der Waals surface area (Å²) in [6.07, 6.45) is 4.70. The van der Waals surface area contributed by atoms with Crippen LogP contribution in [-0.4, -0.2) is 55.9 Å². The van der Waals surface area contributed by atoms with Crippen LogP contribution >= 0.6 is 0 Å². The van der Waals surface area contributed by atoms with Crippen LogP contribution in [0.3, 0.4) is 0 Å². The quantitative estimate of drug-likeness (QED) is 0.840. The fourth-order valence-corrected chi connectivity index (χ4v) is 4.75. The van der Waals surface area contributed by atoms with Gasteiger partial charge in [-0.15, -0.1) is 10.2 Å². The maximum absolute atomic E-state index is 12.8. The lowest BCUT2D eigenvalue weighted by Crippen LogP contribution is -2.51. The van der Waals surface area contributed by atoms with Gasteiger partial charge < -0.3 is 14.2 Å². The lowest BCUT2D eigenvalue weighted by atomic mass is 9.90. The van der Waals surface area contributed by atoms with Crippen molar-refractivity contribution >= 4 is 10.0 Å². The number of nitrogens with zero attached hydrogens (tertiary/aromatic N) is 5. The lowest BCUT2D eigenvalue weighted by Gasteiger charge is -2.38. The Balaban J connectivity index is 1.83. The summed E-state index contributed by atoms with van der Waals surface area (Å²) in [6.45, 7) is 0.474. The molecule has 1 saturated heterocycles. The molecule has 9 heteroatoms. The smallest absolute Gasteiger partial charge is 0.258 e. The summed E-state index contributed by atoms with van der Waals surface area (Å²) in [4.78, 5) is 0. The number of sulfonamides is 1. The molecule has 126 valence electrons. The largest absolute Gasteiger partial charge is 0.388 e. The zero-order valence-corrected chi connectivity index (χ0v) is 14.1. The summed E-state index contributed by atoms with van der Waals surface area (Å²) in [5.41, 5.74) is -1.13. The molecule has 0 amide bonds. The van der Waals surface area contributed by atoms with E-state index in [0.717, 1.165) is 0 Å². The molecule has 0 aliphatic carbocycles. The van der Waals surface area contributed by atoms with Crippen molar-refractivity contribution in [2.45, 2.75) is 29.9 Å². The molecule has 1 aliphatic rings. The molecule has 1 unspecified atom stereocenters. The van der Waals surface area contributed by atoms with Gasteiger partial charge >= 0.3 is 0 Å². The molecule has 3 heterocycles. The predicted octanol–water partition coefficient (Wildman–Crippen LogP) is -0.0881. The molecule has 8 nitrogen and oxygen atoms in total. The van der Waals surface area contributed by atoms with Gasteiger partial charge in [0.05, 0.1) is 5.60 Å². The van der Waals surface area contributed by atoms with Crippen molar-refractivity contribution in [3.05, 3.63) is 30.5 Å². The van der Waals surface area contributed by atoms with Crippen molar-refractivity contribution in [1.82, 2.24) is 23.6 Å². The molecular weight excluding hydrogens is 318 g/mol. The van der Waals surface area contributed by atoms with Gasteiger partial charge in [-0.25, -0.2) is 8.42 Å². The van der Waals surface area contributed by atoms with E-state index in [1.165, 1.54) is 4.31 Å². The van der Waals surface area contributed by atoms with E-state index < -0.39 is 15.6 Å². The third-order valence-electron chi connectivity index (χ3n) is 4.31. The zero-order chi connectivity index (χ0) is 16.7. The minimum absolute atomic E-state index is 0.0629. The molecule has 2 aromatic heterocycles. The fraction of sp³-hybridized carbons (Fsp3) is 0.571. The van der Waals surface area contributed by atoms with E-state index in [9.17, 15) is 13.5 Å². The Bertz CT molecular complexity index is 797. The second-order valence-electron chi connectivity index (χ2n) is 6.16. The van der Waals surface area contributed by atoms with Gasteiger partial charge in [-0.2, -0.15) is 4.31 Å². The Morgan fingerprint density at radius 1 is 1.35 bits per heavy atom. The van der Waals surface area contributed by atoms with Crippen LogP contribution < -0.4 is 0 Å². The topological polar surface area (TPSA) is 93.2 Å². The summed E-state index contributed by atoms with van der Waals surface area (Å²) in [6, 6.07) is 3.27. The van der Waals surface area contributed by atoms with Gasteiger partial charge in [-0.3, -0.25) is 0 Å². The Hall–Kier alpha value is -1.71. The third kappa shape index (κ3) is 3.04. The second kappa shape index (κ2) is 5.73. The van der Waals surface area contributed by atoms with Crippen LogP contribution in [0.2, 0.25) is 0 Å². The monoisotopic (exact) mass is 339 g/mol. The number of piperidine rings is 1. The van der Waals surface area contributed by atoms with Crippen LogP contribution in [-0.2, 0) is 30.5 Å². The first-order valence-electron chi connectivity index (χ1n) is 7.49. The van der Waals surface area contributed by atoms with E-state index in [1.54, 1.807) is 47.9 Å². The SMILES string of the molecule is Cn1cccc1S(=O)(=O)N1CCCC(O)(Cc2nncn2C)C1. The maximum Gasteiger partial charge on any atom is 0.258 e. The van der Waals surface area contributed by atoms with Gasteiger partial charge in [0.2, 0.25) is 0 Å². The van der Waals surface area contributed by atoms with Crippen LogP contribution in [0.5, 0.6) is 0 Å². The van der Waals surface area contributed by atoms with E-state index in [4.69, 9.17) is 0 Å². The highest BCUT2D eigenvalue weighted by Gasteiger charge is 2.40. The van der Waals surface area contributed by atoms with Crippen LogP contribution in [0.4, 0.5) is 0 Å². The van der Waals surface area contributed by atoms with Gasteiger partial charge in [0.15, 0.2) is 0 Å². The van der Waals surface area contributed by atoms with E-state index >= 15 is 0 Å².